The fraction of sp³-hybridized carbons (Fsp3) is 1.00. The van der Waals surface area contributed by atoms with Crippen molar-refractivity contribution < 1.29 is 0 Å². The summed E-state index contributed by atoms with van der Waals surface area (Å²) in [5, 5.41) is 0.450. The maximum atomic E-state index is 3.77. The first-order valence-corrected chi connectivity index (χ1v) is 8.56. The van der Waals surface area contributed by atoms with Gasteiger partial charge in [-0.2, -0.15) is 0 Å². The third-order valence-corrected chi connectivity index (χ3v) is 8.11. The molecule has 0 atom stereocenters. The Kier molecular flexibility index (Phi) is 5.34. The lowest BCUT2D eigenvalue weighted by Gasteiger charge is -2.37. The molecule has 2 nitrogen and oxygen atoms in total. The van der Waals surface area contributed by atoms with Crippen molar-refractivity contribution in [3.05, 3.63) is 0 Å². The van der Waals surface area contributed by atoms with Crippen molar-refractivity contribution in [3.8, 4) is 0 Å². The lowest BCUT2D eigenvalue weighted by Crippen LogP contribution is -2.52. The van der Waals surface area contributed by atoms with Gasteiger partial charge in [-0.1, -0.05) is 33.9 Å². The van der Waals surface area contributed by atoms with Gasteiger partial charge >= 0.3 is 0 Å². The van der Waals surface area contributed by atoms with Crippen LogP contribution in [0, 0.1) is 0 Å². The summed E-state index contributed by atoms with van der Waals surface area (Å²) < 4.78 is 0. The highest BCUT2D eigenvalue weighted by Crippen LogP contribution is 2.33. The van der Waals surface area contributed by atoms with Gasteiger partial charge in [-0.05, 0) is 38.6 Å². The minimum Gasteiger partial charge on any atom is -0.337 e. The zero-order valence-electron chi connectivity index (χ0n) is 11.1. The third kappa shape index (κ3) is 5.13. The predicted octanol–water partition coefficient (Wildman–Crippen LogP) is 2.53. The predicted molar refractivity (Wildman–Crippen MR) is 68.4 cm³/mol. The highest BCUT2D eigenvalue weighted by Gasteiger charge is 2.34. The van der Waals surface area contributed by atoms with E-state index in [0.717, 1.165) is 6.54 Å². The Morgan fingerprint density at radius 2 is 1.64 bits per heavy atom. The van der Waals surface area contributed by atoms with Crippen LogP contribution in [0.2, 0.25) is 18.1 Å². The van der Waals surface area contributed by atoms with Gasteiger partial charge in [0.05, 0.1) is 0 Å². The van der Waals surface area contributed by atoms with E-state index in [1.807, 2.05) is 0 Å². The SMILES string of the molecule is CN(C)CCCN[Si](C)(C)C(C)(C)C. The summed E-state index contributed by atoms with van der Waals surface area (Å²) in [4.78, 5) is 6.01. The van der Waals surface area contributed by atoms with E-state index in [1.54, 1.807) is 0 Å². The Hall–Kier alpha value is 0.137. The first kappa shape index (κ1) is 14.1. The van der Waals surface area contributed by atoms with Crippen molar-refractivity contribution in [1.29, 1.82) is 0 Å². The Labute approximate surface area is 91.2 Å². The van der Waals surface area contributed by atoms with Gasteiger partial charge in [0.15, 0.2) is 0 Å². The molecule has 0 bridgehead atoms. The van der Waals surface area contributed by atoms with Crippen LogP contribution in [0.5, 0.6) is 0 Å². The molecule has 0 aliphatic heterocycles. The molecule has 0 aromatic heterocycles. The summed E-state index contributed by atoms with van der Waals surface area (Å²) in [6, 6.07) is 0. The molecule has 86 valence electrons. The molecule has 0 aliphatic rings. The van der Waals surface area contributed by atoms with Gasteiger partial charge in [0.2, 0.25) is 0 Å². The maximum absolute atomic E-state index is 3.77. The lowest BCUT2D eigenvalue weighted by atomic mass is 10.2. The molecule has 1 N–H and O–H groups in total. The van der Waals surface area contributed by atoms with Crippen LogP contribution in [0.4, 0.5) is 0 Å². The van der Waals surface area contributed by atoms with Crippen LogP contribution in [0.1, 0.15) is 27.2 Å². The van der Waals surface area contributed by atoms with Gasteiger partial charge in [0.25, 0.3) is 0 Å². The topological polar surface area (TPSA) is 15.3 Å². The fourth-order valence-corrected chi connectivity index (χ4v) is 2.39. The summed E-state index contributed by atoms with van der Waals surface area (Å²) >= 11 is 0. The van der Waals surface area contributed by atoms with E-state index in [-0.39, 0.29) is 0 Å². The van der Waals surface area contributed by atoms with Crippen LogP contribution in [-0.2, 0) is 0 Å². The average molecular weight is 216 g/mol. The quantitative estimate of drug-likeness (QED) is 0.561. The third-order valence-electron chi connectivity index (χ3n) is 3.22. The van der Waals surface area contributed by atoms with Gasteiger partial charge in [-0.3, -0.25) is 0 Å². The van der Waals surface area contributed by atoms with Crippen LogP contribution < -0.4 is 4.98 Å². The van der Waals surface area contributed by atoms with E-state index < -0.39 is 8.24 Å². The summed E-state index contributed by atoms with van der Waals surface area (Å²) in [5.74, 6) is 0. The average Bonchev–Trinajstić information content (AvgIpc) is 1.95. The van der Waals surface area contributed by atoms with Crippen molar-refractivity contribution in [3.63, 3.8) is 0 Å². The molecule has 0 rings (SSSR count). The van der Waals surface area contributed by atoms with Gasteiger partial charge in [0.1, 0.15) is 8.24 Å². The minimum atomic E-state index is -1.25. The van der Waals surface area contributed by atoms with Crippen LogP contribution in [0.25, 0.3) is 0 Å². The molecule has 0 radical (unpaired) electrons. The highest BCUT2D eigenvalue weighted by atomic mass is 28.3. The fourth-order valence-electron chi connectivity index (χ4n) is 1.06. The molecule has 0 saturated carbocycles. The first-order chi connectivity index (χ1) is 6.17. The van der Waals surface area contributed by atoms with Crippen LogP contribution >= 0.6 is 0 Å². The van der Waals surface area contributed by atoms with Gasteiger partial charge < -0.3 is 9.88 Å². The molecule has 0 aromatic rings. The van der Waals surface area contributed by atoms with Crippen molar-refractivity contribution >= 4 is 8.24 Å². The van der Waals surface area contributed by atoms with E-state index in [9.17, 15) is 0 Å². The summed E-state index contributed by atoms with van der Waals surface area (Å²) in [6.45, 7) is 14.2. The van der Waals surface area contributed by atoms with Crippen LogP contribution in [0.3, 0.4) is 0 Å². The molecule has 14 heavy (non-hydrogen) atoms. The molecule has 0 heterocycles. The number of hydrogen-bond donors (Lipinski definition) is 1. The molecule has 0 unspecified atom stereocenters. The van der Waals surface area contributed by atoms with Crippen molar-refractivity contribution in [2.24, 2.45) is 0 Å². The molecule has 0 spiro atoms. The van der Waals surface area contributed by atoms with Crippen molar-refractivity contribution in [2.45, 2.75) is 45.3 Å². The van der Waals surface area contributed by atoms with E-state index in [2.05, 4.69) is 57.8 Å². The number of rotatable bonds is 5. The number of nitrogens with zero attached hydrogens (tertiary/aromatic N) is 1. The molecular formula is C11H28N2Si. The first-order valence-electron chi connectivity index (χ1n) is 5.56. The standard InChI is InChI=1S/C11H28N2Si/c1-11(2,3)14(6,7)12-9-8-10-13(4)5/h12H,8-10H2,1-7H3. The molecular weight excluding hydrogens is 188 g/mol. The van der Waals surface area contributed by atoms with Crippen molar-refractivity contribution in [2.75, 3.05) is 27.2 Å². The lowest BCUT2D eigenvalue weighted by molar-refractivity contribution is 0.399. The van der Waals surface area contributed by atoms with Crippen molar-refractivity contribution in [1.82, 2.24) is 9.88 Å². The number of nitrogens with one attached hydrogen (secondary N) is 1. The summed E-state index contributed by atoms with van der Waals surface area (Å²) in [7, 11) is 3.02. The Bertz CT molecular complexity index is 159. The smallest absolute Gasteiger partial charge is 0.124 e. The van der Waals surface area contributed by atoms with Gasteiger partial charge in [0, 0.05) is 0 Å². The monoisotopic (exact) mass is 216 g/mol. The summed E-state index contributed by atoms with van der Waals surface area (Å²) in [6.07, 6.45) is 1.25. The Balaban J connectivity index is 3.78. The van der Waals surface area contributed by atoms with Crippen LogP contribution in [-0.4, -0.2) is 40.3 Å². The largest absolute Gasteiger partial charge is 0.337 e. The summed E-state index contributed by atoms with van der Waals surface area (Å²) in [5.41, 5.74) is 0. The molecule has 0 amide bonds. The zero-order valence-corrected chi connectivity index (χ0v) is 12.1. The minimum absolute atomic E-state index is 0.450. The van der Waals surface area contributed by atoms with Gasteiger partial charge in [-0.25, -0.2) is 0 Å². The molecule has 0 aromatic carbocycles. The Morgan fingerprint density at radius 1 is 1.14 bits per heavy atom. The maximum Gasteiger partial charge on any atom is 0.124 e. The molecule has 0 aliphatic carbocycles. The molecule has 0 saturated heterocycles. The zero-order chi connectivity index (χ0) is 11.4. The normalized spacial score (nSPS) is 13.7. The Morgan fingerprint density at radius 3 is 2.00 bits per heavy atom. The number of hydrogen-bond acceptors (Lipinski definition) is 2. The second-order valence-corrected chi connectivity index (χ2v) is 11.1. The van der Waals surface area contributed by atoms with E-state index >= 15 is 0 Å². The molecule has 0 fully saturated rings. The second kappa shape index (κ2) is 5.28. The van der Waals surface area contributed by atoms with E-state index in [0.29, 0.717) is 5.04 Å². The highest BCUT2D eigenvalue weighted by molar-refractivity contribution is 6.77. The van der Waals surface area contributed by atoms with E-state index in [4.69, 9.17) is 0 Å². The second-order valence-electron chi connectivity index (χ2n) is 5.96. The molecule has 3 heteroatoms. The van der Waals surface area contributed by atoms with Gasteiger partial charge in [-0.15, -0.1) is 0 Å². The van der Waals surface area contributed by atoms with Crippen LogP contribution in [0.15, 0.2) is 0 Å². The van der Waals surface area contributed by atoms with E-state index in [1.165, 1.54) is 13.0 Å².